The highest BCUT2D eigenvalue weighted by atomic mass is 16.2. The second-order valence-electron chi connectivity index (χ2n) is 14.5. The van der Waals surface area contributed by atoms with Crippen molar-refractivity contribution >= 4 is 35.2 Å². The van der Waals surface area contributed by atoms with Crippen molar-refractivity contribution in [3.8, 4) is 0 Å². The van der Waals surface area contributed by atoms with E-state index in [1.54, 1.807) is 0 Å². The molecule has 6 aromatic carbocycles. The van der Waals surface area contributed by atoms with Crippen molar-refractivity contribution in [1.29, 1.82) is 0 Å². The van der Waals surface area contributed by atoms with E-state index in [1.165, 1.54) is 0 Å². The zero-order valence-electron chi connectivity index (χ0n) is 33.3. The van der Waals surface area contributed by atoms with E-state index in [4.69, 9.17) is 0 Å². The third kappa shape index (κ3) is 12.6. The Kier molecular flexibility index (Phi) is 14.3. The molecule has 10 nitrogen and oxygen atoms in total. The maximum Gasteiger partial charge on any atom is 0.319 e. The predicted octanol–water partition coefficient (Wildman–Crippen LogP) is 9.78. The van der Waals surface area contributed by atoms with Crippen molar-refractivity contribution in [3.05, 3.63) is 196 Å². The van der Waals surface area contributed by atoms with Gasteiger partial charge in [-0.3, -0.25) is 4.90 Å². The van der Waals surface area contributed by atoms with Crippen molar-refractivity contribution < 1.29 is 14.4 Å². The van der Waals surface area contributed by atoms with E-state index >= 15 is 0 Å². The molecule has 0 aromatic heterocycles. The normalized spacial score (nSPS) is 10.8. The number of carbonyl (C=O) groups excluding carboxylic acids is 3. The molecule has 0 bridgehead atoms. The molecule has 10 heteroatoms. The van der Waals surface area contributed by atoms with Gasteiger partial charge in [-0.05, 0) is 72.4 Å². The van der Waals surface area contributed by atoms with Crippen LogP contribution in [0.3, 0.4) is 0 Å². The van der Waals surface area contributed by atoms with Gasteiger partial charge in [0.25, 0.3) is 0 Å². The van der Waals surface area contributed by atoms with Gasteiger partial charge in [0.1, 0.15) is 0 Å². The summed E-state index contributed by atoms with van der Waals surface area (Å²) in [7, 11) is 0. The van der Waals surface area contributed by atoms with Crippen molar-refractivity contribution in [2.45, 2.75) is 60.0 Å². The smallest absolute Gasteiger partial charge is 0.319 e. The molecule has 0 saturated heterocycles. The number of aryl methyl sites for hydroxylation is 3. The molecule has 0 radical (unpaired) electrons. The molecular formula is C48H51N7O3. The van der Waals surface area contributed by atoms with Crippen LogP contribution in [0.15, 0.2) is 146 Å². The lowest BCUT2D eigenvalue weighted by Crippen LogP contribution is -2.31. The maximum atomic E-state index is 13.2. The standard InChI is InChI=1S/C48H51N7O3/c1-34-19-22-43(52-46(56)49-28-37-13-7-4-8-14-37)40(25-34)31-55(32-41-26-35(2)20-23-44(41)53-47(57)50-29-38-15-9-5-10-16-38)33-42-27-36(3)21-24-45(42)54-48(58)51-30-39-17-11-6-12-18-39/h4-27H,28-33H2,1-3H3,(H2,49,52,56)(H2,50,53,57)(H2,51,54,58). The number of anilines is 3. The molecule has 0 spiro atoms. The molecule has 0 fully saturated rings. The van der Waals surface area contributed by atoms with Crippen LogP contribution in [-0.2, 0) is 39.3 Å². The minimum atomic E-state index is -0.307. The lowest BCUT2D eigenvalue weighted by molar-refractivity contribution is 0.246. The molecule has 58 heavy (non-hydrogen) atoms. The summed E-state index contributed by atoms with van der Waals surface area (Å²) in [6.45, 7) is 8.59. The van der Waals surface area contributed by atoms with Gasteiger partial charge in [0.2, 0.25) is 0 Å². The quantitative estimate of drug-likeness (QED) is 0.0622. The summed E-state index contributed by atoms with van der Waals surface area (Å²) in [6.07, 6.45) is 0. The van der Waals surface area contributed by atoms with E-state index in [2.05, 4.69) is 55.0 Å². The first-order valence-corrected chi connectivity index (χ1v) is 19.4. The number of rotatable bonds is 15. The molecule has 296 valence electrons. The van der Waals surface area contributed by atoms with Crippen LogP contribution in [0, 0.1) is 20.8 Å². The van der Waals surface area contributed by atoms with Crippen molar-refractivity contribution in [2.75, 3.05) is 16.0 Å². The van der Waals surface area contributed by atoms with Crippen LogP contribution in [-0.4, -0.2) is 23.0 Å². The van der Waals surface area contributed by atoms with E-state index < -0.39 is 0 Å². The summed E-state index contributed by atoms with van der Waals surface area (Å²) < 4.78 is 0. The number of hydrogen-bond donors (Lipinski definition) is 6. The van der Waals surface area contributed by atoms with Crippen LogP contribution < -0.4 is 31.9 Å². The topological polar surface area (TPSA) is 127 Å². The fraction of sp³-hybridized carbons (Fsp3) is 0.188. The summed E-state index contributed by atoms with van der Waals surface area (Å²) >= 11 is 0. The monoisotopic (exact) mass is 773 g/mol. The molecule has 6 rings (SSSR count). The summed E-state index contributed by atoms with van der Waals surface area (Å²) in [4.78, 5) is 41.9. The third-order valence-corrected chi connectivity index (χ3v) is 9.60. The van der Waals surface area contributed by atoms with Gasteiger partial charge >= 0.3 is 18.1 Å². The fourth-order valence-corrected chi connectivity index (χ4v) is 6.65. The lowest BCUT2D eigenvalue weighted by atomic mass is 10.0. The molecule has 6 N–H and O–H groups in total. The Bertz CT molecular complexity index is 2040. The van der Waals surface area contributed by atoms with Crippen molar-refractivity contribution in [3.63, 3.8) is 0 Å². The summed E-state index contributed by atoms with van der Waals surface area (Å²) in [5.74, 6) is 0. The van der Waals surface area contributed by atoms with E-state index in [9.17, 15) is 14.4 Å². The molecule has 0 heterocycles. The Balaban J connectivity index is 1.26. The highest BCUT2D eigenvalue weighted by Crippen LogP contribution is 2.28. The first kappa shape index (κ1) is 40.7. The molecule has 0 atom stereocenters. The molecule has 0 aliphatic carbocycles. The number of amides is 6. The Morgan fingerprint density at radius 2 is 0.672 bits per heavy atom. The molecule has 0 unspecified atom stereocenters. The van der Waals surface area contributed by atoms with Gasteiger partial charge in [0.05, 0.1) is 0 Å². The van der Waals surface area contributed by atoms with Gasteiger partial charge in [0.15, 0.2) is 0 Å². The van der Waals surface area contributed by atoms with Gasteiger partial charge in [-0.25, -0.2) is 14.4 Å². The fourth-order valence-electron chi connectivity index (χ4n) is 6.65. The molecule has 0 saturated carbocycles. The van der Waals surface area contributed by atoms with Crippen molar-refractivity contribution in [2.24, 2.45) is 0 Å². The second kappa shape index (κ2) is 20.3. The van der Waals surface area contributed by atoms with Crippen LogP contribution in [0.4, 0.5) is 31.4 Å². The summed E-state index contributed by atoms with van der Waals surface area (Å²) in [6, 6.07) is 46.4. The van der Waals surface area contributed by atoms with E-state index in [1.807, 2.05) is 148 Å². The van der Waals surface area contributed by atoms with Crippen LogP contribution >= 0.6 is 0 Å². The number of benzene rings is 6. The number of nitrogens with zero attached hydrogens (tertiary/aromatic N) is 1. The Morgan fingerprint density at radius 1 is 0.397 bits per heavy atom. The van der Waals surface area contributed by atoms with Gasteiger partial charge in [-0.2, -0.15) is 0 Å². The highest BCUT2D eigenvalue weighted by Gasteiger charge is 2.18. The average Bonchev–Trinajstić information content (AvgIpc) is 3.22. The third-order valence-electron chi connectivity index (χ3n) is 9.60. The highest BCUT2D eigenvalue weighted by molar-refractivity contribution is 5.91. The Morgan fingerprint density at radius 3 is 0.948 bits per heavy atom. The molecule has 6 amide bonds. The predicted molar refractivity (Wildman–Crippen MR) is 233 cm³/mol. The Labute approximate surface area is 341 Å². The summed E-state index contributed by atoms with van der Waals surface area (Å²) in [5, 5.41) is 18.2. The maximum absolute atomic E-state index is 13.2. The first-order chi connectivity index (χ1) is 28.2. The van der Waals surface area contributed by atoms with Gasteiger partial charge in [-0.15, -0.1) is 0 Å². The second-order valence-corrected chi connectivity index (χ2v) is 14.5. The number of urea groups is 3. The van der Waals surface area contributed by atoms with E-state index in [-0.39, 0.29) is 18.1 Å². The Hall–Kier alpha value is -6.91. The number of hydrogen-bond acceptors (Lipinski definition) is 4. The number of nitrogens with one attached hydrogen (secondary N) is 6. The molecule has 6 aromatic rings. The largest absolute Gasteiger partial charge is 0.334 e. The molecule has 0 aliphatic rings. The average molecular weight is 774 g/mol. The van der Waals surface area contributed by atoms with Gasteiger partial charge in [0, 0.05) is 56.3 Å². The zero-order valence-corrected chi connectivity index (χ0v) is 33.3. The molecular weight excluding hydrogens is 723 g/mol. The van der Waals surface area contributed by atoms with E-state index in [0.29, 0.717) is 56.3 Å². The van der Waals surface area contributed by atoms with Crippen LogP contribution in [0.5, 0.6) is 0 Å². The first-order valence-electron chi connectivity index (χ1n) is 19.4. The lowest BCUT2D eigenvalue weighted by Gasteiger charge is -2.27. The van der Waals surface area contributed by atoms with Crippen LogP contribution in [0.2, 0.25) is 0 Å². The van der Waals surface area contributed by atoms with Gasteiger partial charge in [-0.1, -0.05) is 144 Å². The SMILES string of the molecule is Cc1ccc(NC(=O)NCc2ccccc2)c(CN(Cc2cc(C)ccc2NC(=O)NCc2ccccc2)Cc2cc(C)ccc2NC(=O)NCc2ccccc2)c1. The zero-order chi connectivity index (χ0) is 40.7. The minimum absolute atomic E-state index is 0.307. The van der Waals surface area contributed by atoms with Crippen molar-refractivity contribution in [1.82, 2.24) is 20.9 Å². The van der Waals surface area contributed by atoms with Crippen LogP contribution in [0.25, 0.3) is 0 Å². The minimum Gasteiger partial charge on any atom is -0.334 e. The van der Waals surface area contributed by atoms with Gasteiger partial charge < -0.3 is 31.9 Å². The number of carbonyl (C=O) groups is 3. The summed E-state index contributed by atoms with van der Waals surface area (Å²) in [5.41, 5.74) is 11.0. The van der Waals surface area contributed by atoms with E-state index in [0.717, 1.165) is 50.1 Å². The molecule has 0 aliphatic heterocycles. The van der Waals surface area contributed by atoms with Crippen LogP contribution in [0.1, 0.15) is 50.1 Å².